The lowest BCUT2D eigenvalue weighted by atomic mass is 10.2. The molecule has 0 fully saturated rings. The number of carbonyl (C=O) groups is 1. The predicted molar refractivity (Wildman–Crippen MR) is 109 cm³/mol. The summed E-state index contributed by atoms with van der Waals surface area (Å²) >= 11 is 11.8. The van der Waals surface area contributed by atoms with Gasteiger partial charge in [-0.05, 0) is 44.9 Å². The highest BCUT2D eigenvalue weighted by Gasteiger charge is 2.07. The molecule has 1 amide bonds. The van der Waals surface area contributed by atoms with Gasteiger partial charge in [0.05, 0.1) is 10.0 Å². The summed E-state index contributed by atoms with van der Waals surface area (Å²) < 4.78 is 5.30. The molecule has 0 aliphatic rings. The van der Waals surface area contributed by atoms with E-state index in [0.29, 0.717) is 28.7 Å². The van der Waals surface area contributed by atoms with Crippen molar-refractivity contribution in [3.05, 3.63) is 33.8 Å². The van der Waals surface area contributed by atoms with Crippen LogP contribution in [0.1, 0.15) is 37.0 Å². The molecule has 6 nitrogen and oxygen atoms in total. The fraction of sp³-hybridized carbons (Fsp3) is 0.556. The molecule has 0 saturated carbocycles. The Labute approximate surface area is 165 Å². The van der Waals surface area contributed by atoms with E-state index in [9.17, 15) is 4.79 Å². The van der Waals surface area contributed by atoms with Gasteiger partial charge in [-0.15, -0.1) is 0 Å². The zero-order valence-corrected chi connectivity index (χ0v) is 16.9. The molecular weight excluding hydrogens is 375 g/mol. The molecular formula is C18H28Cl2N4O2. The number of nitrogens with one attached hydrogen (secondary N) is 3. The van der Waals surface area contributed by atoms with Crippen molar-refractivity contribution in [1.82, 2.24) is 16.0 Å². The molecule has 1 rings (SSSR count). The zero-order valence-electron chi connectivity index (χ0n) is 15.4. The maximum absolute atomic E-state index is 12.1. The van der Waals surface area contributed by atoms with Gasteiger partial charge in [-0.3, -0.25) is 9.79 Å². The second-order valence-electron chi connectivity index (χ2n) is 5.48. The molecule has 0 heterocycles. The number of benzene rings is 1. The molecule has 0 spiro atoms. The lowest BCUT2D eigenvalue weighted by molar-refractivity contribution is 0.0954. The van der Waals surface area contributed by atoms with Crippen LogP contribution in [-0.4, -0.2) is 51.3 Å². The van der Waals surface area contributed by atoms with E-state index in [-0.39, 0.29) is 5.91 Å². The van der Waals surface area contributed by atoms with Crippen molar-refractivity contribution in [2.75, 3.05) is 39.4 Å². The number of rotatable bonds is 11. The normalized spacial score (nSPS) is 11.3. The molecule has 0 aliphatic heterocycles. The summed E-state index contributed by atoms with van der Waals surface area (Å²) in [5.74, 6) is 0.552. The van der Waals surface area contributed by atoms with Crippen LogP contribution < -0.4 is 16.0 Å². The number of unbranched alkanes of at least 4 members (excludes halogenated alkanes) is 1. The summed E-state index contributed by atoms with van der Waals surface area (Å²) in [6.07, 6.45) is 1.97. The molecule has 1 aromatic carbocycles. The summed E-state index contributed by atoms with van der Waals surface area (Å²) in [5, 5.41) is 10.0. The Balaban J connectivity index is 2.30. The van der Waals surface area contributed by atoms with Gasteiger partial charge in [0.15, 0.2) is 5.96 Å². The molecule has 0 aromatic heterocycles. The Morgan fingerprint density at radius 2 is 1.85 bits per heavy atom. The van der Waals surface area contributed by atoms with Crippen molar-refractivity contribution in [1.29, 1.82) is 0 Å². The van der Waals surface area contributed by atoms with Gasteiger partial charge in [-0.25, -0.2) is 0 Å². The molecule has 146 valence electrons. The monoisotopic (exact) mass is 402 g/mol. The largest absolute Gasteiger partial charge is 0.382 e. The summed E-state index contributed by atoms with van der Waals surface area (Å²) in [6, 6.07) is 4.81. The van der Waals surface area contributed by atoms with E-state index in [2.05, 4.69) is 20.9 Å². The van der Waals surface area contributed by atoms with E-state index in [0.717, 1.165) is 45.1 Å². The molecule has 0 bridgehead atoms. The van der Waals surface area contributed by atoms with Gasteiger partial charge in [-0.1, -0.05) is 23.2 Å². The van der Waals surface area contributed by atoms with Crippen molar-refractivity contribution in [2.45, 2.75) is 26.7 Å². The molecule has 0 unspecified atom stereocenters. The standard InChI is InChI=1S/C18H28Cl2N4O2/c1-3-21-18(23-9-5-6-12-26-4-2)24-11-10-22-17(25)14-7-8-15(19)16(20)13-14/h7-8,13H,3-6,9-12H2,1-2H3,(H,22,25)(H2,21,23,24). The summed E-state index contributed by atoms with van der Waals surface area (Å²) in [4.78, 5) is 16.6. The first-order valence-corrected chi connectivity index (χ1v) is 9.67. The molecule has 0 aliphatic carbocycles. The smallest absolute Gasteiger partial charge is 0.251 e. The van der Waals surface area contributed by atoms with Crippen LogP contribution in [0.15, 0.2) is 23.2 Å². The van der Waals surface area contributed by atoms with E-state index in [1.165, 1.54) is 0 Å². The number of amides is 1. The summed E-state index contributed by atoms with van der Waals surface area (Å²) in [5.41, 5.74) is 0.481. The first kappa shape index (κ1) is 22.5. The third-order valence-corrected chi connectivity index (χ3v) is 4.14. The third kappa shape index (κ3) is 9.27. The van der Waals surface area contributed by atoms with Gasteiger partial charge in [0.2, 0.25) is 0 Å². The fourth-order valence-corrected chi connectivity index (χ4v) is 2.39. The quantitative estimate of drug-likeness (QED) is 0.302. The second kappa shape index (κ2) is 13.7. The van der Waals surface area contributed by atoms with Crippen LogP contribution in [0.3, 0.4) is 0 Å². The molecule has 0 radical (unpaired) electrons. The molecule has 0 atom stereocenters. The highest BCUT2D eigenvalue weighted by molar-refractivity contribution is 6.42. The molecule has 8 heteroatoms. The van der Waals surface area contributed by atoms with Crippen molar-refractivity contribution < 1.29 is 9.53 Å². The average Bonchev–Trinajstić information content (AvgIpc) is 2.63. The summed E-state index contributed by atoms with van der Waals surface area (Å²) in [6.45, 7) is 8.08. The van der Waals surface area contributed by atoms with Crippen LogP contribution in [0.5, 0.6) is 0 Å². The Kier molecular flexibility index (Phi) is 11.9. The molecule has 3 N–H and O–H groups in total. The number of guanidine groups is 1. The summed E-state index contributed by atoms with van der Waals surface area (Å²) in [7, 11) is 0. The fourth-order valence-electron chi connectivity index (χ4n) is 2.09. The number of nitrogens with zero attached hydrogens (tertiary/aromatic N) is 1. The van der Waals surface area contributed by atoms with Crippen LogP contribution in [0, 0.1) is 0 Å². The minimum Gasteiger partial charge on any atom is -0.382 e. The highest BCUT2D eigenvalue weighted by atomic mass is 35.5. The zero-order chi connectivity index (χ0) is 19.2. The maximum Gasteiger partial charge on any atom is 0.251 e. The van der Waals surface area contributed by atoms with Gasteiger partial charge in [0.25, 0.3) is 5.91 Å². The number of carbonyl (C=O) groups excluding carboxylic acids is 1. The Bertz CT molecular complexity index is 582. The molecule has 0 saturated heterocycles. The first-order valence-electron chi connectivity index (χ1n) is 8.91. The number of hydrogen-bond acceptors (Lipinski definition) is 3. The number of halogens is 2. The van der Waals surface area contributed by atoms with Gasteiger partial charge in [0, 0.05) is 45.0 Å². The van der Waals surface area contributed by atoms with Crippen LogP contribution in [0.4, 0.5) is 0 Å². The van der Waals surface area contributed by atoms with Gasteiger partial charge < -0.3 is 20.7 Å². The average molecular weight is 403 g/mol. The Morgan fingerprint density at radius 1 is 1.08 bits per heavy atom. The van der Waals surface area contributed by atoms with Gasteiger partial charge in [0.1, 0.15) is 0 Å². The van der Waals surface area contributed by atoms with E-state index in [4.69, 9.17) is 27.9 Å². The van der Waals surface area contributed by atoms with Crippen LogP contribution in [0.25, 0.3) is 0 Å². The minimum atomic E-state index is -0.191. The highest BCUT2D eigenvalue weighted by Crippen LogP contribution is 2.22. The number of ether oxygens (including phenoxy) is 1. The van der Waals surface area contributed by atoms with E-state index < -0.39 is 0 Å². The van der Waals surface area contributed by atoms with Gasteiger partial charge >= 0.3 is 0 Å². The van der Waals surface area contributed by atoms with Gasteiger partial charge in [-0.2, -0.15) is 0 Å². The van der Waals surface area contributed by atoms with E-state index in [1.807, 2.05) is 13.8 Å². The van der Waals surface area contributed by atoms with E-state index >= 15 is 0 Å². The van der Waals surface area contributed by atoms with Crippen molar-refractivity contribution >= 4 is 35.1 Å². The topological polar surface area (TPSA) is 74.8 Å². The SMILES string of the molecule is CCNC(=NCCCCOCC)NCCNC(=O)c1ccc(Cl)c(Cl)c1. The van der Waals surface area contributed by atoms with Crippen molar-refractivity contribution in [3.63, 3.8) is 0 Å². The third-order valence-electron chi connectivity index (χ3n) is 3.40. The minimum absolute atomic E-state index is 0.191. The predicted octanol–water partition coefficient (Wildman–Crippen LogP) is 3.10. The first-order chi connectivity index (χ1) is 12.6. The second-order valence-corrected chi connectivity index (χ2v) is 6.29. The van der Waals surface area contributed by atoms with Crippen molar-refractivity contribution in [3.8, 4) is 0 Å². The van der Waals surface area contributed by atoms with Crippen LogP contribution in [0.2, 0.25) is 10.0 Å². The lowest BCUT2D eigenvalue weighted by Crippen LogP contribution is -2.41. The van der Waals surface area contributed by atoms with Crippen LogP contribution >= 0.6 is 23.2 Å². The Morgan fingerprint density at radius 3 is 2.54 bits per heavy atom. The maximum atomic E-state index is 12.1. The van der Waals surface area contributed by atoms with E-state index in [1.54, 1.807) is 18.2 Å². The van der Waals surface area contributed by atoms with Crippen LogP contribution in [-0.2, 0) is 4.74 Å². The Hall–Kier alpha value is -1.50. The molecule has 26 heavy (non-hydrogen) atoms. The lowest BCUT2D eigenvalue weighted by Gasteiger charge is -2.12. The number of aliphatic imine (C=N–C) groups is 1. The molecule has 1 aromatic rings. The van der Waals surface area contributed by atoms with Crippen molar-refractivity contribution in [2.24, 2.45) is 4.99 Å². The number of hydrogen-bond donors (Lipinski definition) is 3.